The van der Waals surface area contributed by atoms with E-state index >= 15 is 0 Å². The molecule has 0 spiro atoms. The quantitative estimate of drug-likeness (QED) is 0.305. The average molecular weight is 549 g/mol. The number of aliphatic hydroxyl groups excluding tert-OH is 3. The average Bonchev–Trinajstić information content (AvgIpc) is 3.36. The van der Waals surface area contributed by atoms with Gasteiger partial charge < -0.3 is 29.9 Å². The van der Waals surface area contributed by atoms with E-state index in [2.05, 4.69) is 40.7 Å². The standard InChI is InChI=1S/C32H52O7/c1-17(33)38-25-16-23-28(2,3)24(34)12-14-31(23,7)22-11-13-30(6)19(9-10-21(30)32(22,25)8)18-15-20(39-27(18)36)26(35)29(4,5)37/h10,18-20,22-27,34-37H,9,11-16H2,1-8H3. The fourth-order valence-corrected chi connectivity index (χ4v) is 10.7. The molecule has 39 heavy (non-hydrogen) atoms. The van der Waals surface area contributed by atoms with Gasteiger partial charge in [0.05, 0.1) is 17.8 Å². The summed E-state index contributed by atoms with van der Waals surface area (Å²) in [5.41, 5.74) is -0.744. The highest BCUT2D eigenvalue weighted by atomic mass is 16.6. The van der Waals surface area contributed by atoms with Crippen LogP contribution >= 0.6 is 0 Å². The second-order valence-corrected chi connectivity index (χ2v) is 15.6. The summed E-state index contributed by atoms with van der Waals surface area (Å²) < 4.78 is 12.1. The van der Waals surface area contributed by atoms with Crippen LogP contribution in [0.5, 0.6) is 0 Å². The Morgan fingerprint density at radius 1 is 1.08 bits per heavy atom. The van der Waals surface area contributed by atoms with Crippen LogP contribution in [0.3, 0.4) is 0 Å². The molecule has 4 fully saturated rings. The zero-order valence-electron chi connectivity index (χ0n) is 25.2. The fraction of sp³-hybridized carbons (Fsp3) is 0.906. The molecule has 222 valence electrons. The van der Waals surface area contributed by atoms with Gasteiger partial charge in [-0.15, -0.1) is 0 Å². The van der Waals surface area contributed by atoms with Gasteiger partial charge in [-0.1, -0.05) is 46.3 Å². The van der Waals surface area contributed by atoms with Crippen LogP contribution in [0, 0.1) is 45.3 Å². The number of ether oxygens (including phenoxy) is 2. The van der Waals surface area contributed by atoms with Crippen LogP contribution in [0.1, 0.15) is 100 Å². The first-order valence-electron chi connectivity index (χ1n) is 15.2. The molecule has 5 rings (SSSR count). The SMILES string of the molecule is CC(=O)OC1CC2C(C)(C)C(O)CCC2(C)C2CCC3(C)C(=CCC3C3CC(C(O)C(C)(C)O)OC3O)C12C. The van der Waals surface area contributed by atoms with Crippen LogP contribution in [0.4, 0.5) is 0 Å². The summed E-state index contributed by atoms with van der Waals surface area (Å²) in [7, 11) is 0. The number of fused-ring (bicyclic) bond motifs is 5. The van der Waals surface area contributed by atoms with Crippen molar-refractivity contribution in [1.29, 1.82) is 0 Å². The van der Waals surface area contributed by atoms with Crippen molar-refractivity contribution in [3.8, 4) is 0 Å². The molecular weight excluding hydrogens is 496 g/mol. The number of aliphatic hydroxyl groups is 4. The number of hydrogen-bond acceptors (Lipinski definition) is 7. The van der Waals surface area contributed by atoms with E-state index in [4.69, 9.17) is 9.47 Å². The Morgan fingerprint density at radius 3 is 2.36 bits per heavy atom. The molecule has 0 aromatic rings. The van der Waals surface area contributed by atoms with Crippen molar-refractivity contribution >= 4 is 5.97 Å². The maximum absolute atomic E-state index is 12.5. The van der Waals surface area contributed by atoms with Gasteiger partial charge in [-0.3, -0.25) is 4.79 Å². The minimum Gasteiger partial charge on any atom is -0.462 e. The molecule has 0 amide bonds. The van der Waals surface area contributed by atoms with Gasteiger partial charge in [0.2, 0.25) is 0 Å². The van der Waals surface area contributed by atoms with Crippen molar-refractivity contribution in [3.63, 3.8) is 0 Å². The summed E-state index contributed by atoms with van der Waals surface area (Å²) in [6, 6.07) is 0. The Morgan fingerprint density at radius 2 is 1.74 bits per heavy atom. The van der Waals surface area contributed by atoms with Gasteiger partial charge in [0.25, 0.3) is 0 Å². The number of carbonyl (C=O) groups excluding carboxylic acids is 1. The van der Waals surface area contributed by atoms with Gasteiger partial charge in [-0.2, -0.15) is 0 Å². The van der Waals surface area contributed by atoms with E-state index in [0.29, 0.717) is 12.3 Å². The maximum atomic E-state index is 12.5. The zero-order valence-corrected chi connectivity index (χ0v) is 25.2. The third-order valence-electron chi connectivity index (χ3n) is 12.8. The van der Waals surface area contributed by atoms with Crippen molar-refractivity contribution in [3.05, 3.63) is 11.6 Å². The number of allylic oxidation sites excluding steroid dienone is 1. The molecule has 0 bridgehead atoms. The smallest absolute Gasteiger partial charge is 0.302 e. The van der Waals surface area contributed by atoms with E-state index in [0.717, 1.165) is 38.5 Å². The molecule has 0 radical (unpaired) electrons. The predicted molar refractivity (Wildman–Crippen MR) is 147 cm³/mol. The monoisotopic (exact) mass is 548 g/mol. The zero-order chi connectivity index (χ0) is 28.9. The molecule has 4 N–H and O–H groups in total. The lowest BCUT2D eigenvalue weighted by Gasteiger charge is -2.68. The van der Waals surface area contributed by atoms with Gasteiger partial charge in [0, 0.05) is 18.3 Å². The largest absolute Gasteiger partial charge is 0.462 e. The molecule has 4 aliphatic carbocycles. The summed E-state index contributed by atoms with van der Waals surface area (Å²) in [5, 5.41) is 43.2. The van der Waals surface area contributed by atoms with Crippen molar-refractivity contribution in [1.82, 2.24) is 0 Å². The first-order chi connectivity index (χ1) is 17.9. The van der Waals surface area contributed by atoms with Crippen LogP contribution < -0.4 is 0 Å². The van der Waals surface area contributed by atoms with E-state index < -0.39 is 24.1 Å². The van der Waals surface area contributed by atoms with E-state index in [1.807, 2.05) is 0 Å². The Labute approximate surface area is 234 Å². The van der Waals surface area contributed by atoms with Crippen molar-refractivity contribution in [2.24, 2.45) is 45.3 Å². The van der Waals surface area contributed by atoms with Crippen molar-refractivity contribution in [2.45, 2.75) is 137 Å². The van der Waals surface area contributed by atoms with E-state index in [-0.39, 0.29) is 57.6 Å². The highest BCUT2D eigenvalue weighted by Gasteiger charge is 2.69. The second kappa shape index (κ2) is 9.26. The van der Waals surface area contributed by atoms with Crippen LogP contribution in [0.2, 0.25) is 0 Å². The van der Waals surface area contributed by atoms with Gasteiger partial charge in [-0.05, 0) is 92.8 Å². The fourth-order valence-electron chi connectivity index (χ4n) is 10.7. The lowest BCUT2D eigenvalue weighted by Crippen LogP contribution is -2.66. The second-order valence-electron chi connectivity index (χ2n) is 15.6. The number of rotatable bonds is 4. The van der Waals surface area contributed by atoms with Crippen LogP contribution in [0.25, 0.3) is 0 Å². The van der Waals surface area contributed by atoms with Crippen LogP contribution in [0.15, 0.2) is 11.6 Å². The van der Waals surface area contributed by atoms with Gasteiger partial charge in [0.1, 0.15) is 12.2 Å². The highest BCUT2D eigenvalue weighted by molar-refractivity contribution is 5.66. The van der Waals surface area contributed by atoms with E-state index in [9.17, 15) is 25.2 Å². The summed E-state index contributed by atoms with van der Waals surface area (Å²) >= 11 is 0. The highest BCUT2D eigenvalue weighted by Crippen LogP contribution is 2.74. The van der Waals surface area contributed by atoms with Gasteiger partial charge in [0.15, 0.2) is 6.29 Å². The molecule has 3 saturated carbocycles. The van der Waals surface area contributed by atoms with Gasteiger partial charge >= 0.3 is 5.97 Å². The molecule has 7 heteroatoms. The molecule has 12 unspecified atom stereocenters. The summed E-state index contributed by atoms with van der Waals surface area (Å²) in [5.74, 6) is 0.268. The molecule has 0 aromatic heterocycles. The van der Waals surface area contributed by atoms with Crippen molar-refractivity contribution < 1.29 is 34.7 Å². The molecular formula is C32H52O7. The Kier molecular flexibility index (Phi) is 7.00. The topological polar surface area (TPSA) is 116 Å². The molecule has 0 aromatic carbocycles. The first-order valence-corrected chi connectivity index (χ1v) is 15.2. The lowest BCUT2D eigenvalue weighted by atomic mass is 9.37. The molecule has 1 heterocycles. The molecule has 5 aliphatic rings. The third kappa shape index (κ3) is 4.19. The van der Waals surface area contributed by atoms with Crippen molar-refractivity contribution in [2.75, 3.05) is 0 Å². The molecule has 12 atom stereocenters. The Bertz CT molecular complexity index is 1010. The normalized spacial score (nSPS) is 49.9. The maximum Gasteiger partial charge on any atom is 0.302 e. The predicted octanol–water partition coefficient (Wildman–Crippen LogP) is 4.35. The summed E-state index contributed by atoms with van der Waals surface area (Å²) in [6.07, 6.45) is 4.80. The molecule has 7 nitrogen and oxygen atoms in total. The molecule has 1 saturated heterocycles. The number of esters is 1. The van der Waals surface area contributed by atoms with Crippen LogP contribution in [-0.4, -0.2) is 62.7 Å². The molecule has 1 aliphatic heterocycles. The number of hydrogen-bond donors (Lipinski definition) is 4. The van der Waals surface area contributed by atoms with Crippen LogP contribution in [-0.2, 0) is 14.3 Å². The van der Waals surface area contributed by atoms with E-state index in [1.54, 1.807) is 13.8 Å². The Hall–Kier alpha value is -0.990. The minimum absolute atomic E-state index is 0.0201. The Balaban J connectivity index is 1.50. The lowest BCUT2D eigenvalue weighted by molar-refractivity contribution is -0.223. The van der Waals surface area contributed by atoms with E-state index in [1.165, 1.54) is 12.5 Å². The summed E-state index contributed by atoms with van der Waals surface area (Å²) in [4.78, 5) is 12.5. The third-order valence-corrected chi connectivity index (χ3v) is 12.8. The summed E-state index contributed by atoms with van der Waals surface area (Å²) in [6.45, 7) is 16.1. The first kappa shape index (κ1) is 29.5. The minimum atomic E-state index is -1.32. The number of carbonyl (C=O) groups is 1. The van der Waals surface area contributed by atoms with Gasteiger partial charge in [-0.25, -0.2) is 0 Å².